The van der Waals surface area contributed by atoms with E-state index in [1.807, 2.05) is 0 Å². The van der Waals surface area contributed by atoms with Gasteiger partial charge >= 0.3 is 0 Å². The van der Waals surface area contributed by atoms with E-state index in [1.54, 1.807) is 0 Å². The molecule has 3 fully saturated rings. The number of fused-ring (bicyclic) bond motifs is 1. The molecule has 1 saturated carbocycles. The lowest BCUT2D eigenvalue weighted by atomic mass is 10.1. The molecule has 0 amide bonds. The van der Waals surface area contributed by atoms with Crippen LogP contribution in [0.2, 0.25) is 0 Å². The molecule has 1 aromatic rings. The zero-order valence-electron chi connectivity index (χ0n) is 18.4. The summed E-state index contributed by atoms with van der Waals surface area (Å²) in [5, 5.41) is 0. The Morgan fingerprint density at radius 1 is 0.933 bits per heavy atom. The highest BCUT2D eigenvalue weighted by molar-refractivity contribution is 5.29. The van der Waals surface area contributed by atoms with Crippen LogP contribution in [0.4, 0.5) is 0 Å². The Kier molecular flexibility index (Phi) is 6.74. The van der Waals surface area contributed by atoms with E-state index in [-0.39, 0.29) is 0 Å². The molecule has 3 atom stereocenters. The topological polar surface area (TPSA) is 24.9 Å². The van der Waals surface area contributed by atoms with Crippen molar-refractivity contribution in [3.8, 4) is 5.75 Å². The van der Waals surface area contributed by atoms with Crippen LogP contribution >= 0.6 is 0 Å². The van der Waals surface area contributed by atoms with E-state index in [0.29, 0.717) is 6.10 Å². The maximum Gasteiger partial charge on any atom is 0.120 e. The van der Waals surface area contributed by atoms with Gasteiger partial charge in [0.1, 0.15) is 11.9 Å². The van der Waals surface area contributed by atoms with Gasteiger partial charge in [0.05, 0.1) is 6.61 Å². The molecule has 2 saturated heterocycles. The summed E-state index contributed by atoms with van der Waals surface area (Å²) in [5.41, 5.74) is 1.38. The van der Waals surface area contributed by atoms with Crippen molar-refractivity contribution in [2.75, 3.05) is 45.9 Å². The highest BCUT2D eigenvalue weighted by Crippen LogP contribution is 2.52. The van der Waals surface area contributed by atoms with Crippen LogP contribution in [0.25, 0.3) is 0 Å². The molecule has 164 valence electrons. The van der Waals surface area contributed by atoms with Crippen LogP contribution in [-0.2, 0) is 11.3 Å². The van der Waals surface area contributed by atoms with Crippen LogP contribution in [0.3, 0.4) is 0 Å². The first-order valence-corrected chi connectivity index (χ1v) is 12.3. The van der Waals surface area contributed by atoms with E-state index in [4.69, 9.17) is 9.47 Å². The standard InChI is InChI=1S/C26H38N2O2/c1-4-12-27(13-5-1)14-7-15-29-20-26-24-18-28(19-25(24)26)17-21-8-6-11-23(16-21)30-22-9-2-3-10-22/h2-3,6,8,11,16,22,24-26H,1,4-5,7,9-10,12-15,17-20H2/t24-,25+,26?. The average molecular weight is 411 g/mol. The van der Waals surface area contributed by atoms with Gasteiger partial charge in [0, 0.05) is 45.6 Å². The van der Waals surface area contributed by atoms with Crippen molar-refractivity contribution in [3.05, 3.63) is 42.0 Å². The SMILES string of the molecule is C1=CCC(Oc2cccc(CN3C[C@@H]4C(COCCCN5CCCCC5)[C@@H]4C3)c2)C1. The van der Waals surface area contributed by atoms with Crippen molar-refractivity contribution >= 4 is 0 Å². The minimum absolute atomic E-state index is 0.334. The first-order chi connectivity index (χ1) is 14.8. The van der Waals surface area contributed by atoms with Gasteiger partial charge in [-0.25, -0.2) is 0 Å². The molecule has 0 N–H and O–H groups in total. The number of hydrogen-bond donors (Lipinski definition) is 0. The second-order valence-electron chi connectivity index (χ2n) is 9.85. The zero-order chi connectivity index (χ0) is 20.2. The summed E-state index contributed by atoms with van der Waals surface area (Å²) in [4.78, 5) is 5.24. The van der Waals surface area contributed by atoms with Crippen molar-refractivity contribution in [1.82, 2.24) is 9.80 Å². The second-order valence-corrected chi connectivity index (χ2v) is 9.85. The lowest BCUT2D eigenvalue weighted by Crippen LogP contribution is -2.31. The Balaban J connectivity index is 0.970. The molecule has 4 nitrogen and oxygen atoms in total. The van der Waals surface area contributed by atoms with E-state index in [9.17, 15) is 0 Å². The summed E-state index contributed by atoms with van der Waals surface area (Å²) in [7, 11) is 0. The molecule has 0 radical (unpaired) electrons. The van der Waals surface area contributed by atoms with Gasteiger partial charge in [0.2, 0.25) is 0 Å². The molecule has 0 bridgehead atoms. The third-order valence-corrected chi connectivity index (χ3v) is 7.54. The molecule has 2 heterocycles. The lowest BCUT2D eigenvalue weighted by molar-refractivity contribution is 0.0967. The summed E-state index contributed by atoms with van der Waals surface area (Å²) < 4.78 is 12.2. The summed E-state index contributed by atoms with van der Waals surface area (Å²) in [5.74, 6) is 3.59. The first kappa shape index (κ1) is 20.5. The van der Waals surface area contributed by atoms with Gasteiger partial charge in [-0.15, -0.1) is 0 Å². The van der Waals surface area contributed by atoms with Crippen LogP contribution in [0.5, 0.6) is 5.75 Å². The number of likely N-dealkylation sites (tertiary alicyclic amines) is 2. The molecule has 0 aromatic heterocycles. The van der Waals surface area contributed by atoms with Gasteiger partial charge < -0.3 is 14.4 Å². The predicted octanol–water partition coefficient (Wildman–Crippen LogP) is 4.35. The number of ether oxygens (including phenoxy) is 2. The fraction of sp³-hybridized carbons (Fsp3) is 0.692. The molecular formula is C26H38N2O2. The van der Waals surface area contributed by atoms with Crippen LogP contribution in [0.1, 0.15) is 44.1 Å². The smallest absolute Gasteiger partial charge is 0.120 e. The third kappa shape index (κ3) is 5.27. The van der Waals surface area contributed by atoms with Crippen molar-refractivity contribution in [3.63, 3.8) is 0 Å². The van der Waals surface area contributed by atoms with Crippen molar-refractivity contribution in [2.45, 2.75) is 51.2 Å². The molecule has 2 aliphatic heterocycles. The number of benzene rings is 1. The molecule has 1 aromatic carbocycles. The quantitative estimate of drug-likeness (QED) is 0.423. The highest BCUT2D eigenvalue weighted by Gasteiger charge is 2.55. The van der Waals surface area contributed by atoms with E-state index in [2.05, 4.69) is 46.2 Å². The monoisotopic (exact) mass is 410 g/mol. The van der Waals surface area contributed by atoms with Crippen LogP contribution < -0.4 is 4.74 Å². The fourth-order valence-electron chi connectivity index (χ4n) is 5.76. The Morgan fingerprint density at radius 2 is 1.73 bits per heavy atom. The van der Waals surface area contributed by atoms with Crippen LogP contribution in [0.15, 0.2) is 36.4 Å². The molecule has 4 heteroatoms. The predicted molar refractivity (Wildman–Crippen MR) is 121 cm³/mol. The Bertz CT molecular complexity index is 695. The van der Waals surface area contributed by atoms with Crippen molar-refractivity contribution < 1.29 is 9.47 Å². The minimum Gasteiger partial charge on any atom is -0.490 e. The summed E-state index contributed by atoms with van der Waals surface area (Å²) in [6, 6.07) is 8.73. The van der Waals surface area contributed by atoms with Crippen molar-refractivity contribution in [1.29, 1.82) is 0 Å². The second kappa shape index (κ2) is 9.84. The first-order valence-electron chi connectivity index (χ1n) is 12.3. The molecular weight excluding hydrogens is 372 g/mol. The maximum absolute atomic E-state index is 6.13. The Morgan fingerprint density at radius 3 is 2.53 bits per heavy atom. The number of nitrogens with zero attached hydrogens (tertiary/aromatic N) is 2. The van der Waals surface area contributed by atoms with Gasteiger partial charge in [-0.3, -0.25) is 4.90 Å². The molecule has 0 spiro atoms. The van der Waals surface area contributed by atoms with Gasteiger partial charge in [0.15, 0.2) is 0 Å². The fourth-order valence-corrected chi connectivity index (χ4v) is 5.76. The molecule has 2 aliphatic carbocycles. The molecule has 4 aliphatic rings. The Hall–Kier alpha value is -1.36. The van der Waals surface area contributed by atoms with Gasteiger partial charge in [-0.2, -0.15) is 0 Å². The van der Waals surface area contributed by atoms with E-state index >= 15 is 0 Å². The highest BCUT2D eigenvalue weighted by atomic mass is 16.5. The average Bonchev–Trinajstić information content (AvgIpc) is 3.13. The molecule has 5 rings (SSSR count). The summed E-state index contributed by atoms with van der Waals surface area (Å²) in [6.45, 7) is 9.29. The molecule has 1 unspecified atom stereocenters. The zero-order valence-corrected chi connectivity index (χ0v) is 18.4. The summed E-state index contributed by atoms with van der Waals surface area (Å²) in [6.07, 6.45) is 12.3. The number of rotatable bonds is 10. The largest absolute Gasteiger partial charge is 0.490 e. The Labute approximate surface area is 182 Å². The lowest BCUT2D eigenvalue weighted by Gasteiger charge is -2.26. The van der Waals surface area contributed by atoms with Crippen LogP contribution in [-0.4, -0.2) is 61.8 Å². The van der Waals surface area contributed by atoms with E-state index < -0.39 is 0 Å². The minimum atomic E-state index is 0.334. The molecule has 30 heavy (non-hydrogen) atoms. The van der Waals surface area contributed by atoms with Crippen molar-refractivity contribution in [2.24, 2.45) is 17.8 Å². The van der Waals surface area contributed by atoms with Gasteiger partial charge in [-0.1, -0.05) is 30.7 Å². The number of hydrogen-bond acceptors (Lipinski definition) is 4. The van der Waals surface area contributed by atoms with E-state index in [1.165, 1.54) is 64.0 Å². The third-order valence-electron chi connectivity index (χ3n) is 7.54. The van der Waals surface area contributed by atoms with E-state index in [0.717, 1.165) is 56.1 Å². The number of piperidine rings is 2. The summed E-state index contributed by atoms with van der Waals surface area (Å²) >= 11 is 0. The maximum atomic E-state index is 6.13. The van der Waals surface area contributed by atoms with Gasteiger partial charge in [-0.05, 0) is 67.8 Å². The van der Waals surface area contributed by atoms with Gasteiger partial charge in [0.25, 0.3) is 0 Å². The van der Waals surface area contributed by atoms with Crippen LogP contribution in [0, 0.1) is 17.8 Å². The normalized spacial score (nSPS) is 29.4.